The smallest absolute Gasteiger partial charge is 0.445 e. The highest BCUT2D eigenvalue weighted by atomic mass is 19.4. The Kier molecular flexibility index (Phi) is 7.68. The molecule has 1 fully saturated rings. The molecular weight excluding hydrogens is 457 g/mol. The number of alkyl halides is 3. The van der Waals surface area contributed by atoms with Crippen molar-refractivity contribution in [3.05, 3.63) is 47.7 Å². The molecule has 34 heavy (non-hydrogen) atoms. The highest BCUT2D eigenvalue weighted by Gasteiger charge is 2.41. The molecule has 3 rings (SSSR count). The quantitative estimate of drug-likeness (QED) is 0.640. The van der Waals surface area contributed by atoms with Crippen molar-refractivity contribution < 1.29 is 36.7 Å². The van der Waals surface area contributed by atoms with Crippen LogP contribution in [-0.2, 0) is 22.3 Å². The molecule has 1 aliphatic carbocycles. The second kappa shape index (κ2) is 10.3. The van der Waals surface area contributed by atoms with E-state index in [1.165, 1.54) is 0 Å². The van der Waals surface area contributed by atoms with Crippen LogP contribution in [0, 0.1) is 0 Å². The summed E-state index contributed by atoms with van der Waals surface area (Å²) in [7, 11) is 0. The summed E-state index contributed by atoms with van der Waals surface area (Å²) in [5.74, 6) is -2.14. The molecule has 12 heteroatoms. The Balaban J connectivity index is 1.67. The number of halogens is 3. The van der Waals surface area contributed by atoms with Crippen LogP contribution in [0.5, 0.6) is 0 Å². The van der Waals surface area contributed by atoms with Gasteiger partial charge < -0.3 is 24.5 Å². The van der Waals surface area contributed by atoms with E-state index in [1.807, 2.05) is 30.3 Å². The number of rotatable bonds is 5. The fraction of sp³-hybridized carbons (Fsp3) is 0.545. The van der Waals surface area contributed by atoms with Gasteiger partial charge in [-0.2, -0.15) is 13.2 Å². The molecular formula is C22H27F3N4O5. The number of benzene rings is 1. The minimum Gasteiger partial charge on any atom is -0.445 e. The molecule has 1 aromatic heterocycles. The first-order valence-corrected chi connectivity index (χ1v) is 10.8. The van der Waals surface area contributed by atoms with Gasteiger partial charge in [-0.25, -0.2) is 9.59 Å². The van der Waals surface area contributed by atoms with Crippen LogP contribution in [0.3, 0.4) is 0 Å². The average Bonchev–Trinajstić information content (AvgIpc) is 3.24. The van der Waals surface area contributed by atoms with Crippen molar-refractivity contribution >= 4 is 12.2 Å². The molecule has 0 unspecified atom stereocenters. The van der Waals surface area contributed by atoms with E-state index in [2.05, 4.69) is 20.8 Å². The number of hydrogen-bond acceptors (Lipinski definition) is 7. The number of ether oxygens (including phenoxy) is 2. The Morgan fingerprint density at radius 3 is 2.32 bits per heavy atom. The van der Waals surface area contributed by atoms with E-state index in [4.69, 9.17) is 13.9 Å². The van der Waals surface area contributed by atoms with E-state index in [0.29, 0.717) is 12.8 Å². The SMILES string of the molecule is CC(C)(C)OC(=O)N[C@@H]1C[C@@H](c2nnc(C(F)(F)F)o2)CC[C@@H]1NC(=O)OCc1ccccc1. The zero-order chi connectivity index (χ0) is 24.9. The van der Waals surface area contributed by atoms with Crippen LogP contribution in [0.15, 0.2) is 34.7 Å². The number of carbonyl (C=O) groups is 2. The summed E-state index contributed by atoms with van der Waals surface area (Å²) in [6, 6.07) is 7.89. The highest BCUT2D eigenvalue weighted by molar-refractivity contribution is 5.70. The molecule has 0 radical (unpaired) electrons. The van der Waals surface area contributed by atoms with Gasteiger partial charge in [-0.05, 0) is 45.6 Å². The average molecular weight is 484 g/mol. The van der Waals surface area contributed by atoms with Gasteiger partial charge in [-0.1, -0.05) is 30.3 Å². The van der Waals surface area contributed by atoms with Crippen molar-refractivity contribution in [3.8, 4) is 0 Å². The topological polar surface area (TPSA) is 116 Å². The second-order valence-electron chi connectivity index (χ2n) is 9.02. The van der Waals surface area contributed by atoms with Crippen LogP contribution in [0.4, 0.5) is 22.8 Å². The number of nitrogens with zero attached hydrogens (tertiary/aromatic N) is 2. The van der Waals surface area contributed by atoms with Gasteiger partial charge in [0.25, 0.3) is 0 Å². The summed E-state index contributed by atoms with van der Waals surface area (Å²) in [6.07, 6.45) is -5.31. The third kappa shape index (κ3) is 7.35. The lowest BCUT2D eigenvalue weighted by molar-refractivity contribution is -0.157. The maximum absolute atomic E-state index is 12.8. The van der Waals surface area contributed by atoms with Crippen LogP contribution in [-0.4, -0.2) is 40.1 Å². The zero-order valence-corrected chi connectivity index (χ0v) is 19.0. The van der Waals surface area contributed by atoms with Gasteiger partial charge in [0, 0.05) is 5.92 Å². The lowest BCUT2D eigenvalue weighted by atomic mass is 9.82. The maximum Gasteiger partial charge on any atom is 0.470 e. The molecule has 1 aromatic carbocycles. The standard InChI is InChI=1S/C22H27F3N4O5/c1-21(2,3)34-20(31)27-16-11-14(17-28-29-18(33-17)22(23,24)25)9-10-15(16)26-19(30)32-12-13-7-5-4-6-8-13/h4-8,14-16H,9-12H2,1-3H3,(H,26,30)(H,27,31)/t14-,15-,16+/m0/s1. The molecule has 1 heterocycles. The monoisotopic (exact) mass is 484 g/mol. The van der Waals surface area contributed by atoms with Gasteiger partial charge >= 0.3 is 24.3 Å². The fourth-order valence-corrected chi connectivity index (χ4v) is 3.62. The van der Waals surface area contributed by atoms with Gasteiger partial charge in [-0.3, -0.25) is 0 Å². The van der Waals surface area contributed by atoms with E-state index < -0.39 is 47.9 Å². The number of carbonyl (C=O) groups excluding carboxylic acids is 2. The van der Waals surface area contributed by atoms with Gasteiger partial charge in [0.2, 0.25) is 5.89 Å². The molecule has 0 saturated heterocycles. The number of alkyl carbamates (subject to hydrolysis) is 2. The Morgan fingerprint density at radius 2 is 1.71 bits per heavy atom. The van der Waals surface area contributed by atoms with E-state index in [-0.39, 0.29) is 18.9 Å². The second-order valence-corrected chi connectivity index (χ2v) is 9.02. The van der Waals surface area contributed by atoms with E-state index in [1.54, 1.807) is 20.8 Å². The first-order chi connectivity index (χ1) is 15.9. The fourth-order valence-electron chi connectivity index (χ4n) is 3.62. The molecule has 0 aliphatic heterocycles. The lowest BCUT2D eigenvalue weighted by Gasteiger charge is -2.35. The predicted octanol–water partition coefficient (Wildman–Crippen LogP) is 4.54. The Hall–Kier alpha value is -3.31. The number of aromatic nitrogens is 2. The van der Waals surface area contributed by atoms with Crippen LogP contribution >= 0.6 is 0 Å². The molecule has 2 N–H and O–H groups in total. The summed E-state index contributed by atoms with van der Waals surface area (Å²) >= 11 is 0. The van der Waals surface area contributed by atoms with Crippen LogP contribution in [0.2, 0.25) is 0 Å². The maximum atomic E-state index is 12.8. The Bertz CT molecular complexity index is 975. The molecule has 186 valence electrons. The Labute approximate surface area is 194 Å². The van der Waals surface area contributed by atoms with Crippen molar-refractivity contribution in [1.29, 1.82) is 0 Å². The van der Waals surface area contributed by atoms with Crippen molar-refractivity contribution in [2.24, 2.45) is 0 Å². The molecule has 1 aliphatic rings. The van der Waals surface area contributed by atoms with Gasteiger partial charge in [-0.15, -0.1) is 10.2 Å². The van der Waals surface area contributed by atoms with Crippen molar-refractivity contribution in [3.63, 3.8) is 0 Å². The van der Waals surface area contributed by atoms with Crippen LogP contribution in [0.25, 0.3) is 0 Å². The summed E-state index contributed by atoms with van der Waals surface area (Å²) in [5, 5.41) is 12.0. The third-order valence-corrected chi connectivity index (χ3v) is 5.10. The van der Waals surface area contributed by atoms with E-state index in [9.17, 15) is 22.8 Å². The molecule has 9 nitrogen and oxygen atoms in total. The molecule has 1 saturated carbocycles. The summed E-state index contributed by atoms with van der Waals surface area (Å²) in [5.41, 5.74) is 0.0470. The normalized spacial score (nSPS) is 20.9. The van der Waals surface area contributed by atoms with Crippen LogP contribution in [0.1, 0.15) is 63.3 Å². The minimum absolute atomic E-state index is 0.0639. The summed E-state index contributed by atoms with van der Waals surface area (Å²) in [4.78, 5) is 24.7. The minimum atomic E-state index is -4.75. The number of hydrogen-bond donors (Lipinski definition) is 2. The first-order valence-electron chi connectivity index (χ1n) is 10.8. The van der Waals surface area contributed by atoms with E-state index >= 15 is 0 Å². The number of nitrogens with one attached hydrogen (secondary N) is 2. The lowest BCUT2D eigenvalue weighted by Crippen LogP contribution is -2.55. The number of amides is 2. The molecule has 2 aromatic rings. The summed E-state index contributed by atoms with van der Waals surface area (Å²) < 4.78 is 53.9. The predicted molar refractivity (Wildman–Crippen MR) is 113 cm³/mol. The van der Waals surface area contributed by atoms with Gasteiger partial charge in [0.1, 0.15) is 12.2 Å². The molecule has 0 bridgehead atoms. The summed E-state index contributed by atoms with van der Waals surface area (Å²) in [6.45, 7) is 5.16. The van der Waals surface area contributed by atoms with Gasteiger partial charge in [0.05, 0.1) is 12.1 Å². The molecule has 3 atom stereocenters. The van der Waals surface area contributed by atoms with Crippen LogP contribution < -0.4 is 10.6 Å². The first kappa shape index (κ1) is 25.3. The zero-order valence-electron chi connectivity index (χ0n) is 19.0. The van der Waals surface area contributed by atoms with Crippen molar-refractivity contribution in [1.82, 2.24) is 20.8 Å². The van der Waals surface area contributed by atoms with E-state index in [0.717, 1.165) is 5.56 Å². The largest absolute Gasteiger partial charge is 0.470 e. The van der Waals surface area contributed by atoms with Crippen molar-refractivity contribution in [2.45, 2.75) is 76.4 Å². The molecule has 0 spiro atoms. The third-order valence-electron chi connectivity index (χ3n) is 5.10. The van der Waals surface area contributed by atoms with Gasteiger partial charge in [0.15, 0.2) is 0 Å². The highest BCUT2D eigenvalue weighted by Crippen LogP contribution is 2.35. The Morgan fingerprint density at radius 1 is 1.03 bits per heavy atom. The van der Waals surface area contributed by atoms with Crippen molar-refractivity contribution in [2.75, 3.05) is 0 Å². The molecule has 2 amide bonds.